The van der Waals surface area contributed by atoms with Crippen molar-refractivity contribution in [2.45, 2.75) is 6.92 Å². The smallest absolute Gasteiger partial charge is 0.271 e. The summed E-state index contributed by atoms with van der Waals surface area (Å²) in [6, 6.07) is 5.00. The number of anilines is 2. The highest BCUT2D eigenvalue weighted by molar-refractivity contribution is 6.31. The highest BCUT2D eigenvalue weighted by Crippen LogP contribution is 2.20. The van der Waals surface area contributed by atoms with Gasteiger partial charge in [0.25, 0.3) is 5.91 Å². The number of hydrogen-bond donors (Lipinski definition) is 2. The van der Waals surface area contributed by atoms with E-state index in [1.807, 2.05) is 0 Å². The van der Waals surface area contributed by atoms with E-state index in [-0.39, 0.29) is 5.69 Å². The second-order valence-corrected chi connectivity index (χ2v) is 3.95. The molecule has 0 aliphatic carbocycles. The molecule has 0 aliphatic rings. The number of halogens is 1. The zero-order chi connectivity index (χ0) is 13.1. The van der Waals surface area contributed by atoms with Crippen LogP contribution in [0.4, 0.5) is 11.5 Å². The summed E-state index contributed by atoms with van der Waals surface area (Å²) in [7, 11) is 0. The molecule has 2 heterocycles. The van der Waals surface area contributed by atoms with Gasteiger partial charge in [0, 0.05) is 0 Å². The van der Waals surface area contributed by atoms with E-state index in [1.54, 1.807) is 25.1 Å². The number of amides is 1. The quantitative estimate of drug-likeness (QED) is 0.879. The molecule has 0 saturated heterocycles. The molecule has 2 rings (SSSR count). The zero-order valence-corrected chi connectivity index (χ0v) is 10.3. The molecule has 7 heteroatoms. The topological polar surface area (TPSA) is 93.8 Å². The van der Waals surface area contributed by atoms with Crippen molar-refractivity contribution in [1.82, 2.24) is 15.2 Å². The fourth-order valence-electron chi connectivity index (χ4n) is 1.37. The van der Waals surface area contributed by atoms with Crippen molar-refractivity contribution >= 4 is 29.0 Å². The molecule has 0 fully saturated rings. The van der Waals surface area contributed by atoms with Gasteiger partial charge >= 0.3 is 0 Å². The Morgan fingerprint density at radius 3 is 2.83 bits per heavy atom. The summed E-state index contributed by atoms with van der Waals surface area (Å²) < 4.78 is 0. The van der Waals surface area contributed by atoms with Gasteiger partial charge in [-0.05, 0) is 25.1 Å². The largest absolute Gasteiger partial charge is 0.364 e. The number of aromatic nitrogens is 3. The molecule has 0 spiro atoms. The van der Waals surface area contributed by atoms with Crippen LogP contribution in [0.5, 0.6) is 0 Å². The molecular formula is C11H10ClN5O. The van der Waals surface area contributed by atoms with E-state index in [1.165, 1.54) is 6.20 Å². The van der Waals surface area contributed by atoms with Gasteiger partial charge in [0.05, 0.1) is 22.6 Å². The number of aryl methyl sites for hydroxylation is 1. The van der Waals surface area contributed by atoms with Crippen molar-refractivity contribution in [2.75, 3.05) is 5.32 Å². The minimum absolute atomic E-state index is 0.0619. The van der Waals surface area contributed by atoms with E-state index in [2.05, 4.69) is 20.5 Å². The van der Waals surface area contributed by atoms with Gasteiger partial charge in [0.2, 0.25) is 0 Å². The molecule has 18 heavy (non-hydrogen) atoms. The van der Waals surface area contributed by atoms with E-state index in [9.17, 15) is 4.79 Å². The second-order valence-electron chi connectivity index (χ2n) is 3.55. The Morgan fingerprint density at radius 2 is 2.17 bits per heavy atom. The maximum Gasteiger partial charge on any atom is 0.271 e. The Morgan fingerprint density at radius 1 is 1.39 bits per heavy atom. The zero-order valence-electron chi connectivity index (χ0n) is 9.51. The van der Waals surface area contributed by atoms with Crippen LogP contribution in [0.25, 0.3) is 0 Å². The van der Waals surface area contributed by atoms with Gasteiger partial charge in [-0.2, -0.15) is 5.10 Å². The first-order valence-electron chi connectivity index (χ1n) is 5.09. The maximum atomic E-state index is 11.2. The predicted octanol–water partition coefficient (Wildman–Crippen LogP) is 1.68. The lowest BCUT2D eigenvalue weighted by atomic mass is 10.3. The fraction of sp³-hybridized carbons (Fsp3) is 0.0909. The first kappa shape index (κ1) is 12.3. The average Bonchev–Trinajstić information content (AvgIpc) is 2.34. The van der Waals surface area contributed by atoms with Crippen LogP contribution in [0, 0.1) is 6.92 Å². The summed E-state index contributed by atoms with van der Waals surface area (Å²) in [5.74, 6) is -0.108. The van der Waals surface area contributed by atoms with Crippen LogP contribution in [0.1, 0.15) is 16.2 Å². The lowest BCUT2D eigenvalue weighted by Gasteiger charge is -2.08. The van der Waals surface area contributed by atoms with Crippen molar-refractivity contribution in [2.24, 2.45) is 5.73 Å². The lowest BCUT2D eigenvalue weighted by Crippen LogP contribution is -2.16. The minimum Gasteiger partial charge on any atom is -0.364 e. The fourth-order valence-corrected chi connectivity index (χ4v) is 1.47. The summed E-state index contributed by atoms with van der Waals surface area (Å²) in [5, 5.41) is 10.8. The first-order valence-corrected chi connectivity index (χ1v) is 5.47. The Hall–Kier alpha value is -2.21. The molecule has 0 atom stereocenters. The van der Waals surface area contributed by atoms with E-state index < -0.39 is 5.91 Å². The highest BCUT2D eigenvalue weighted by Gasteiger charge is 2.10. The standard InChI is InChI=1S/C11H10ClN5O/c1-6-7(12)2-3-9(15-6)16-8-4-5-14-17-10(8)11(13)18/h2-5H,1H3,(H2,13,18)(H,14,15,16). The molecule has 2 aromatic heterocycles. The number of nitrogens with one attached hydrogen (secondary N) is 1. The van der Waals surface area contributed by atoms with Gasteiger partial charge in [-0.3, -0.25) is 4.79 Å². The summed E-state index contributed by atoms with van der Waals surface area (Å²) in [6.07, 6.45) is 1.46. The van der Waals surface area contributed by atoms with Crippen molar-refractivity contribution in [3.05, 3.63) is 40.8 Å². The number of rotatable bonds is 3. The maximum absolute atomic E-state index is 11.2. The molecule has 1 amide bonds. The summed E-state index contributed by atoms with van der Waals surface area (Å²) in [6.45, 7) is 1.79. The van der Waals surface area contributed by atoms with Crippen LogP contribution in [0.15, 0.2) is 24.4 Å². The molecule has 0 saturated carbocycles. The number of carbonyl (C=O) groups excluding carboxylic acids is 1. The van der Waals surface area contributed by atoms with Crippen molar-refractivity contribution < 1.29 is 4.79 Å². The Bertz CT molecular complexity index is 602. The van der Waals surface area contributed by atoms with Crippen molar-refractivity contribution in [3.63, 3.8) is 0 Å². The van der Waals surface area contributed by atoms with E-state index in [4.69, 9.17) is 17.3 Å². The van der Waals surface area contributed by atoms with Gasteiger partial charge in [-0.25, -0.2) is 4.98 Å². The minimum atomic E-state index is -0.656. The van der Waals surface area contributed by atoms with Crippen LogP contribution in [-0.4, -0.2) is 21.1 Å². The van der Waals surface area contributed by atoms with Crippen LogP contribution in [0.3, 0.4) is 0 Å². The highest BCUT2D eigenvalue weighted by atomic mass is 35.5. The molecule has 92 valence electrons. The van der Waals surface area contributed by atoms with Gasteiger partial charge in [0.15, 0.2) is 5.69 Å². The molecule has 2 aromatic rings. The number of nitrogens with zero attached hydrogens (tertiary/aromatic N) is 3. The molecular weight excluding hydrogens is 254 g/mol. The summed E-state index contributed by atoms with van der Waals surface area (Å²) >= 11 is 5.88. The van der Waals surface area contributed by atoms with Crippen LogP contribution in [0.2, 0.25) is 5.02 Å². The van der Waals surface area contributed by atoms with Crippen LogP contribution >= 0.6 is 11.6 Å². The monoisotopic (exact) mass is 263 g/mol. The third-order valence-corrected chi connectivity index (χ3v) is 2.64. The number of carbonyl (C=O) groups is 1. The number of hydrogen-bond acceptors (Lipinski definition) is 5. The average molecular weight is 264 g/mol. The molecule has 0 bridgehead atoms. The predicted molar refractivity (Wildman–Crippen MR) is 67.8 cm³/mol. The third kappa shape index (κ3) is 2.54. The summed E-state index contributed by atoms with van der Waals surface area (Å²) in [4.78, 5) is 15.4. The van der Waals surface area contributed by atoms with Gasteiger partial charge in [-0.1, -0.05) is 11.6 Å². The number of nitrogens with two attached hydrogens (primary N) is 1. The molecule has 0 unspecified atom stereocenters. The SMILES string of the molecule is Cc1nc(Nc2ccnnc2C(N)=O)ccc1Cl. The van der Waals surface area contributed by atoms with Crippen LogP contribution < -0.4 is 11.1 Å². The second kappa shape index (κ2) is 4.97. The number of pyridine rings is 1. The lowest BCUT2D eigenvalue weighted by molar-refractivity contribution is 0.0995. The molecule has 3 N–H and O–H groups in total. The third-order valence-electron chi connectivity index (χ3n) is 2.24. The molecule has 0 radical (unpaired) electrons. The van der Waals surface area contributed by atoms with Gasteiger partial charge in [-0.15, -0.1) is 5.10 Å². The van der Waals surface area contributed by atoms with E-state index in [0.29, 0.717) is 22.2 Å². The Labute approximate surface area is 108 Å². The van der Waals surface area contributed by atoms with Gasteiger partial charge < -0.3 is 11.1 Å². The molecule has 0 aromatic carbocycles. The van der Waals surface area contributed by atoms with E-state index in [0.717, 1.165) is 0 Å². The summed E-state index contributed by atoms with van der Waals surface area (Å²) in [5.41, 5.74) is 6.40. The Balaban J connectivity index is 2.34. The number of primary amides is 1. The molecule has 0 aliphatic heterocycles. The first-order chi connectivity index (χ1) is 8.58. The van der Waals surface area contributed by atoms with Crippen molar-refractivity contribution in [1.29, 1.82) is 0 Å². The normalized spacial score (nSPS) is 10.1. The van der Waals surface area contributed by atoms with Gasteiger partial charge in [0.1, 0.15) is 5.82 Å². The molecule has 6 nitrogen and oxygen atoms in total. The van der Waals surface area contributed by atoms with E-state index >= 15 is 0 Å². The Kier molecular flexibility index (Phi) is 3.38. The van der Waals surface area contributed by atoms with Crippen LogP contribution in [-0.2, 0) is 0 Å². The van der Waals surface area contributed by atoms with Crippen molar-refractivity contribution in [3.8, 4) is 0 Å².